The fraction of sp³-hybridized carbons (Fsp3) is 0.409. The van der Waals surface area contributed by atoms with Crippen molar-refractivity contribution in [3.63, 3.8) is 0 Å². The highest BCUT2D eigenvalue weighted by Crippen LogP contribution is 2.36. The maximum absolute atomic E-state index is 14.2. The van der Waals surface area contributed by atoms with Gasteiger partial charge >= 0.3 is 0 Å². The van der Waals surface area contributed by atoms with E-state index in [9.17, 15) is 9.18 Å². The second kappa shape index (κ2) is 8.39. The van der Waals surface area contributed by atoms with Gasteiger partial charge in [-0.15, -0.1) is 11.3 Å². The van der Waals surface area contributed by atoms with Crippen LogP contribution < -0.4 is 9.80 Å². The molecule has 7 nitrogen and oxygen atoms in total. The number of morpholine rings is 1. The zero-order chi connectivity index (χ0) is 21.4. The summed E-state index contributed by atoms with van der Waals surface area (Å²) in [5, 5.41) is 0.948. The molecule has 2 aliphatic heterocycles. The van der Waals surface area contributed by atoms with Crippen LogP contribution in [0.25, 0.3) is 10.2 Å². The van der Waals surface area contributed by atoms with Crippen LogP contribution in [-0.4, -0.2) is 73.3 Å². The maximum atomic E-state index is 14.2. The molecule has 2 saturated heterocycles. The Balaban J connectivity index is 1.40. The molecule has 31 heavy (non-hydrogen) atoms. The Morgan fingerprint density at radius 3 is 2.48 bits per heavy atom. The third kappa shape index (κ3) is 3.72. The molecule has 0 bridgehead atoms. The highest BCUT2D eigenvalue weighted by atomic mass is 32.1. The number of amides is 1. The minimum atomic E-state index is -0.194. The van der Waals surface area contributed by atoms with E-state index in [2.05, 4.69) is 19.8 Å². The molecule has 1 amide bonds. The van der Waals surface area contributed by atoms with Crippen LogP contribution in [0.3, 0.4) is 0 Å². The Morgan fingerprint density at radius 1 is 1.03 bits per heavy atom. The van der Waals surface area contributed by atoms with Gasteiger partial charge in [0.2, 0.25) is 0 Å². The number of hydrogen-bond donors (Lipinski definition) is 0. The third-order valence-corrected chi connectivity index (χ3v) is 7.16. The van der Waals surface area contributed by atoms with Gasteiger partial charge in [0.25, 0.3) is 5.91 Å². The standard InChI is InChI=1S/C22H24FN5O2S/c1-15-18-20(27-8-6-26(7-9-27)17-5-3-2-4-16(17)23)24-14-25-21(18)31-19(15)22(29)28-10-12-30-13-11-28/h2-5,14H,6-13H2,1H3. The Labute approximate surface area is 184 Å². The molecular weight excluding hydrogens is 417 g/mol. The van der Waals surface area contributed by atoms with Crippen LogP contribution >= 0.6 is 11.3 Å². The molecule has 3 aromatic rings. The second-order valence-electron chi connectivity index (χ2n) is 7.76. The summed E-state index contributed by atoms with van der Waals surface area (Å²) in [5.74, 6) is 0.701. The molecular formula is C22H24FN5O2S. The van der Waals surface area contributed by atoms with Crippen LogP contribution in [0.1, 0.15) is 15.2 Å². The molecule has 5 rings (SSSR count). The molecule has 2 fully saturated rings. The van der Waals surface area contributed by atoms with Crippen molar-refractivity contribution in [2.24, 2.45) is 0 Å². The number of thiophene rings is 1. The number of nitrogens with zero attached hydrogens (tertiary/aromatic N) is 5. The number of halogens is 1. The van der Waals surface area contributed by atoms with E-state index in [0.29, 0.717) is 45.1 Å². The number of rotatable bonds is 3. The van der Waals surface area contributed by atoms with Crippen molar-refractivity contribution < 1.29 is 13.9 Å². The molecule has 1 aromatic carbocycles. The van der Waals surface area contributed by atoms with Gasteiger partial charge in [0.15, 0.2) is 0 Å². The van der Waals surface area contributed by atoms with Crippen molar-refractivity contribution in [2.45, 2.75) is 6.92 Å². The van der Waals surface area contributed by atoms with Gasteiger partial charge in [0, 0.05) is 39.3 Å². The Hall–Kier alpha value is -2.78. The third-order valence-electron chi connectivity index (χ3n) is 5.97. The molecule has 9 heteroatoms. The first-order chi connectivity index (χ1) is 15.1. The molecule has 0 unspecified atom stereocenters. The zero-order valence-corrected chi connectivity index (χ0v) is 18.2. The molecule has 0 saturated carbocycles. The van der Waals surface area contributed by atoms with Crippen molar-refractivity contribution in [2.75, 3.05) is 62.3 Å². The lowest BCUT2D eigenvalue weighted by atomic mass is 10.1. The number of fused-ring (bicyclic) bond motifs is 1. The van der Waals surface area contributed by atoms with E-state index in [1.807, 2.05) is 24.0 Å². The summed E-state index contributed by atoms with van der Waals surface area (Å²) in [6.07, 6.45) is 1.57. The van der Waals surface area contributed by atoms with E-state index in [1.54, 1.807) is 12.4 Å². The fourth-order valence-corrected chi connectivity index (χ4v) is 5.39. The molecule has 0 N–H and O–H groups in total. The zero-order valence-electron chi connectivity index (χ0n) is 17.4. The first-order valence-corrected chi connectivity index (χ1v) is 11.3. The SMILES string of the molecule is Cc1c(C(=O)N2CCOCC2)sc2ncnc(N3CCN(c4ccccc4F)CC3)c12. The van der Waals surface area contributed by atoms with E-state index < -0.39 is 0 Å². The predicted octanol–water partition coefficient (Wildman–Crippen LogP) is 2.94. The number of aromatic nitrogens is 2. The van der Waals surface area contributed by atoms with E-state index in [-0.39, 0.29) is 11.7 Å². The van der Waals surface area contributed by atoms with Crippen molar-refractivity contribution in [3.8, 4) is 0 Å². The van der Waals surface area contributed by atoms with Crippen molar-refractivity contribution in [1.29, 1.82) is 0 Å². The van der Waals surface area contributed by atoms with Crippen LogP contribution in [0.5, 0.6) is 0 Å². The topological polar surface area (TPSA) is 61.8 Å². The molecule has 0 atom stereocenters. The molecule has 2 aliphatic rings. The number of aryl methyl sites for hydroxylation is 1. The highest BCUT2D eigenvalue weighted by Gasteiger charge is 2.27. The van der Waals surface area contributed by atoms with Crippen LogP contribution in [0.15, 0.2) is 30.6 Å². The quantitative estimate of drug-likeness (QED) is 0.623. The second-order valence-corrected chi connectivity index (χ2v) is 8.76. The van der Waals surface area contributed by atoms with Gasteiger partial charge in [0.1, 0.15) is 22.8 Å². The lowest BCUT2D eigenvalue weighted by Gasteiger charge is -2.37. The van der Waals surface area contributed by atoms with E-state index in [1.165, 1.54) is 17.4 Å². The van der Waals surface area contributed by atoms with Gasteiger partial charge in [-0.05, 0) is 24.6 Å². The Morgan fingerprint density at radius 2 is 1.74 bits per heavy atom. The van der Waals surface area contributed by atoms with Crippen molar-refractivity contribution >= 4 is 39.0 Å². The average Bonchev–Trinajstić information content (AvgIpc) is 3.16. The van der Waals surface area contributed by atoms with Crippen molar-refractivity contribution in [3.05, 3.63) is 46.9 Å². The lowest BCUT2D eigenvalue weighted by Crippen LogP contribution is -2.47. The summed E-state index contributed by atoms with van der Waals surface area (Å²) < 4.78 is 19.5. The summed E-state index contributed by atoms with van der Waals surface area (Å²) in [7, 11) is 0. The normalized spacial score (nSPS) is 17.4. The smallest absolute Gasteiger partial charge is 0.264 e. The molecule has 0 radical (unpaired) electrons. The monoisotopic (exact) mass is 441 g/mol. The number of piperazine rings is 1. The fourth-order valence-electron chi connectivity index (χ4n) is 4.27. The molecule has 162 valence electrons. The minimum absolute atomic E-state index is 0.0409. The summed E-state index contributed by atoms with van der Waals surface area (Å²) >= 11 is 1.43. The van der Waals surface area contributed by atoms with E-state index >= 15 is 0 Å². The predicted molar refractivity (Wildman–Crippen MR) is 120 cm³/mol. The highest BCUT2D eigenvalue weighted by molar-refractivity contribution is 7.20. The van der Waals surface area contributed by atoms with Crippen molar-refractivity contribution in [1.82, 2.24) is 14.9 Å². The van der Waals surface area contributed by atoms with E-state index in [4.69, 9.17) is 4.74 Å². The van der Waals surface area contributed by atoms with Gasteiger partial charge < -0.3 is 19.4 Å². The number of ether oxygens (including phenoxy) is 1. The van der Waals surface area contributed by atoms with E-state index in [0.717, 1.165) is 39.6 Å². The Kier molecular flexibility index (Phi) is 5.45. The maximum Gasteiger partial charge on any atom is 0.264 e. The minimum Gasteiger partial charge on any atom is -0.378 e. The van der Waals surface area contributed by atoms with Gasteiger partial charge in [-0.1, -0.05) is 12.1 Å². The molecule has 0 spiro atoms. The van der Waals surface area contributed by atoms with Crippen LogP contribution in [-0.2, 0) is 4.74 Å². The number of hydrogen-bond acceptors (Lipinski definition) is 7. The van der Waals surface area contributed by atoms with Gasteiger partial charge in [0.05, 0.1) is 29.2 Å². The summed E-state index contributed by atoms with van der Waals surface area (Å²) in [4.78, 5) is 29.8. The molecule has 4 heterocycles. The molecule has 0 aliphatic carbocycles. The van der Waals surface area contributed by atoms with Crippen LogP contribution in [0, 0.1) is 12.7 Å². The molecule has 2 aromatic heterocycles. The Bertz CT molecular complexity index is 1110. The summed E-state index contributed by atoms with van der Waals surface area (Å²) in [5.41, 5.74) is 1.57. The summed E-state index contributed by atoms with van der Waals surface area (Å²) in [6.45, 7) is 7.22. The first kappa shape index (κ1) is 20.1. The lowest BCUT2D eigenvalue weighted by molar-refractivity contribution is 0.0306. The number of carbonyl (C=O) groups excluding carboxylic acids is 1. The van der Waals surface area contributed by atoms with Gasteiger partial charge in [-0.3, -0.25) is 4.79 Å². The van der Waals surface area contributed by atoms with Crippen LogP contribution in [0.2, 0.25) is 0 Å². The number of carbonyl (C=O) groups is 1. The number of benzene rings is 1. The number of para-hydroxylation sites is 1. The largest absolute Gasteiger partial charge is 0.378 e. The number of anilines is 2. The van der Waals surface area contributed by atoms with Crippen LogP contribution in [0.4, 0.5) is 15.9 Å². The van der Waals surface area contributed by atoms with Gasteiger partial charge in [-0.2, -0.15) is 0 Å². The van der Waals surface area contributed by atoms with Gasteiger partial charge in [-0.25, -0.2) is 14.4 Å². The first-order valence-electron chi connectivity index (χ1n) is 10.5. The average molecular weight is 442 g/mol. The summed E-state index contributed by atoms with van der Waals surface area (Å²) in [6, 6.07) is 6.89.